The van der Waals surface area contributed by atoms with E-state index in [1.807, 2.05) is 36.9 Å². The van der Waals surface area contributed by atoms with E-state index in [0.29, 0.717) is 13.1 Å². The monoisotopic (exact) mass is 348 g/mol. The van der Waals surface area contributed by atoms with Crippen LogP contribution in [-0.2, 0) is 6.54 Å². The van der Waals surface area contributed by atoms with Crippen molar-refractivity contribution in [3.63, 3.8) is 0 Å². The Kier molecular flexibility index (Phi) is 5.08. The van der Waals surface area contributed by atoms with E-state index < -0.39 is 5.60 Å². The van der Waals surface area contributed by atoms with Gasteiger partial charge in [0.15, 0.2) is 0 Å². The molecule has 1 aromatic rings. The Labute approximate surface area is 149 Å². The van der Waals surface area contributed by atoms with E-state index in [0.717, 1.165) is 42.7 Å². The van der Waals surface area contributed by atoms with Crippen LogP contribution < -0.4 is 14.8 Å². The maximum Gasteiger partial charge on any atom is 0.318 e. The molecular formula is C19H28N2O4. The van der Waals surface area contributed by atoms with Crippen molar-refractivity contribution >= 4 is 6.03 Å². The number of ether oxygens (including phenoxy) is 2. The first kappa shape index (κ1) is 17.9. The first-order valence-corrected chi connectivity index (χ1v) is 8.96. The van der Waals surface area contributed by atoms with Crippen LogP contribution in [0.2, 0.25) is 0 Å². The molecule has 0 bridgehead atoms. The highest BCUT2D eigenvalue weighted by atomic mass is 16.5. The second kappa shape index (κ2) is 7.12. The summed E-state index contributed by atoms with van der Waals surface area (Å²) >= 11 is 0. The van der Waals surface area contributed by atoms with Gasteiger partial charge in [-0.15, -0.1) is 0 Å². The Balaban J connectivity index is 1.73. The summed E-state index contributed by atoms with van der Waals surface area (Å²) in [6.45, 7) is 4.98. The van der Waals surface area contributed by atoms with Crippen molar-refractivity contribution < 1.29 is 19.4 Å². The smallest absolute Gasteiger partial charge is 0.318 e. The molecule has 1 aliphatic heterocycles. The van der Waals surface area contributed by atoms with Crippen LogP contribution in [0.1, 0.15) is 45.1 Å². The number of hydrogen-bond acceptors (Lipinski definition) is 4. The topological polar surface area (TPSA) is 71.0 Å². The van der Waals surface area contributed by atoms with E-state index >= 15 is 0 Å². The Bertz CT molecular complexity index is 624. The maximum atomic E-state index is 12.8. The van der Waals surface area contributed by atoms with Gasteiger partial charge in [0, 0.05) is 17.7 Å². The molecule has 138 valence electrons. The number of urea groups is 1. The third-order valence-electron chi connectivity index (χ3n) is 4.90. The van der Waals surface area contributed by atoms with Crippen LogP contribution in [0.3, 0.4) is 0 Å². The van der Waals surface area contributed by atoms with E-state index in [-0.39, 0.29) is 18.2 Å². The number of aliphatic hydroxyl groups is 1. The molecule has 1 heterocycles. The lowest BCUT2D eigenvalue weighted by molar-refractivity contribution is 0.0777. The van der Waals surface area contributed by atoms with Gasteiger partial charge in [-0.2, -0.15) is 0 Å². The Morgan fingerprint density at radius 2 is 2.04 bits per heavy atom. The van der Waals surface area contributed by atoms with E-state index in [4.69, 9.17) is 9.47 Å². The molecule has 6 heteroatoms. The van der Waals surface area contributed by atoms with Crippen molar-refractivity contribution in [2.24, 2.45) is 0 Å². The Morgan fingerprint density at radius 1 is 1.32 bits per heavy atom. The minimum absolute atomic E-state index is 0.0678. The van der Waals surface area contributed by atoms with Crippen molar-refractivity contribution in [3.05, 3.63) is 23.8 Å². The summed E-state index contributed by atoms with van der Waals surface area (Å²) in [6.07, 6.45) is 2.94. The second-order valence-electron chi connectivity index (χ2n) is 7.65. The van der Waals surface area contributed by atoms with E-state index in [1.54, 1.807) is 7.11 Å². The lowest BCUT2D eigenvalue weighted by Crippen LogP contribution is -2.50. The molecule has 0 aromatic heterocycles. The van der Waals surface area contributed by atoms with Crippen molar-refractivity contribution in [1.82, 2.24) is 10.2 Å². The zero-order chi connectivity index (χ0) is 18.0. The molecule has 0 spiro atoms. The molecule has 0 unspecified atom stereocenters. The molecule has 3 rings (SSSR count). The number of nitrogens with one attached hydrogen (secondary N) is 1. The molecule has 2 amide bonds. The standard InChI is InChI=1S/C19H28N2O4/c1-19(2)12-21(18(23)20-14-5-7-15(22)8-6-14)11-13-4-9-16(24-3)10-17(13)25-19/h4,9-10,14-15,22H,5-8,11-12H2,1-3H3,(H,20,23). The number of rotatable bonds is 2. The number of amides is 2. The fraction of sp³-hybridized carbons (Fsp3) is 0.632. The summed E-state index contributed by atoms with van der Waals surface area (Å²) < 4.78 is 11.4. The molecular weight excluding hydrogens is 320 g/mol. The number of hydrogen-bond donors (Lipinski definition) is 2. The summed E-state index contributed by atoms with van der Waals surface area (Å²) in [7, 11) is 1.63. The minimum Gasteiger partial charge on any atom is -0.497 e. The first-order chi connectivity index (χ1) is 11.9. The van der Waals surface area contributed by atoms with Gasteiger partial charge in [-0.05, 0) is 51.7 Å². The fourth-order valence-electron chi connectivity index (χ4n) is 3.57. The van der Waals surface area contributed by atoms with Gasteiger partial charge in [0.1, 0.15) is 17.1 Å². The molecule has 1 saturated carbocycles. The lowest BCUT2D eigenvalue weighted by atomic mass is 9.93. The number of methoxy groups -OCH3 is 1. The predicted molar refractivity (Wildman–Crippen MR) is 94.9 cm³/mol. The number of fused-ring (bicyclic) bond motifs is 1. The summed E-state index contributed by atoms with van der Waals surface area (Å²) in [4.78, 5) is 14.6. The Morgan fingerprint density at radius 3 is 2.72 bits per heavy atom. The second-order valence-corrected chi connectivity index (χ2v) is 7.65. The summed E-state index contributed by atoms with van der Waals surface area (Å²) in [5.74, 6) is 1.51. The first-order valence-electron chi connectivity index (χ1n) is 8.96. The number of benzene rings is 1. The van der Waals surface area contributed by atoms with Gasteiger partial charge in [-0.25, -0.2) is 4.79 Å². The largest absolute Gasteiger partial charge is 0.497 e. The Hall–Kier alpha value is -1.95. The normalized spacial score (nSPS) is 25.4. The number of carbonyl (C=O) groups excluding carboxylic acids is 1. The summed E-state index contributed by atoms with van der Waals surface area (Å²) in [5, 5.41) is 12.7. The SMILES string of the molecule is COc1ccc2c(c1)OC(C)(C)CN(C(=O)NC1CCC(O)CC1)C2. The maximum absolute atomic E-state index is 12.8. The van der Waals surface area contributed by atoms with Gasteiger partial charge >= 0.3 is 6.03 Å². The van der Waals surface area contributed by atoms with E-state index in [9.17, 15) is 9.90 Å². The van der Waals surface area contributed by atoms with Crippen molar-refractivity contribution in [2.75, 3.05) is 13.7 Å². The van der Waals surface area contributed by atoms with Crippen LogP contribution in [0.5, 0.6) is 11.5 Å². The highest BCUT2D eigenvalue weighted by Gasteiger charge is 2.33. The highest BCUT2D eigenvalue weighted by molar-refractivity contribution is 5.75. The van der Waals surface area contributed by atoms with Crippen molar-refractivity contribution in [2.45, 2.75) is 63.8 Å². The van der Waals surface area contributed by atoms with Gasteiger partial charge < -0.3 is 24.8 Å². The molecule has 6 nitrogen and oxygen atoms in total. The molecule has 0 radical (unpaired) electrons. The highest BCUT2D eigenvalue weighted by Crippen LogP contribution is 2.32. The van der Waals surface area contributed by atoms with Crippen LogP contribution in [0.15, 0.2) is 18.2 Å². The molecule has 2 aliphatic rings. The zero-order valence-corrected chi connectivity index (χ0v) is 15.2. The average molecular weight is 348 g/mol. The van der Waals surface area contributed by atoms with Crippen LogP contribution >= 0.6 is 0 Å². The van der Waals surface area contributed by atoms with Crippen molar-refractivity contribution in [3.8, 4) is 11.5 Å². The summed E-state index contributed by atoms with van der Waals surface area (Å²) in [6, 6.07) is 5.78. The predicted octanol–water partition coefficient (Wildman–Crippen LogP) is 2.68. The molecule has 2 N–H and O–H groups in total. The third-order valence-corrected chi connectivity index (χ3v) is 4.90. The number of aliphatic hydroxyl groups excluding tert-OH is 1. The van der Waals surface area contributed by atoms with Crippen LogP contribution in [0.25, 0.3) is 0 Å². The fourth-order valence-corrected chi connectivity index (χ4v) is 3.57. The average Bonchev–Trinajstić information content (AvgIpc) is 2.70. The van der Waals surface area contributed by atoms with Crippen LogP contribution in [0.4, 0.5) is 4.79 Å². The van der Waals surface area contributed by atoms with Crippen LogP contribution in [-0.4, -0.2) is 47.4 Å². The van der Waals surface area contributed by atoms with Gasteiger partial charge in [-0.1, -0.05) is 0 Å². The number of nitrogens with zero attached hydrogens (tertiary/aromatic N) is 1. The molecule has 25 heavy (non-hydrogen) atoms. The van der Waals surface area contributed by atoms with Gasteiger partial charge in [0.2, 0.25) is 0 Å². The zero-order valence-electron chi connectivity index (χ0n) is 15.2. The molecule has 0 atom stereocenters. The van der Waals surface area contributed by atoms with E-state index in [1.165, 1.54) is 0 Å². The third kappa shape index (κ3) is 4.37. The van der Waals surface area contributed by atoms with Gasteiger partial charge in [-0.3, -0.25) is 0 Å². The van der Waals surface area contributed by atoms with Gasteiger partial charge in [0.05, 0.1) is 26.3 Å². The number of carbonyl (C=O) groups is 1. The molecule has 0 saturated heterocycles. The van der Waals surface area contributed by atoms with Crippen LogP contribution in [0, 0.1) is 0 Å². The van der Waals surface area contributed by atoms with Gasteiger partial charge in [0.25, 0.3) is 0 Å². The molecule has 1 fully saturated rings. The molecule has 1 aromatic carbocycles. The molecule has 1 aliphatic carbocycles. The van der Waals surface area contributed by atoms with E-state index in [2.05, 4.69) is 5.32 Å². The summed E-state index contributed by atoms with van der Waals surface area (Å²) in [5.41, 5.74) is 0.484. The van der Waals surface area contributed by atoms with Crippen molar-refractivity contribution in [1.29, 1.82) is 0 Å². The quantitative estimate of drug-likeness (QED) is 0.862. The lowest BCUT2D eigenvalue weighted by Gasteiger charge is -2.32. The minimum atomic E-state index is -0.488.